The predicted molar refractivity (Wildman–Crippen MR) is 95.9 cm³/mol. The summed E-state index contributed by atoms with van der Waals surface area (Å²) >= 11 is 1.54. The Morgan fingerprint density at radius 2 is 2.25 bits per heavy atom. The van der Waals surface area contributed by atoms with E-state index in [0.29, 0.717) is 27.8 Å². The van der Waals surface area contributed by atoms with Gasteiger partial charge in [-0.1, -0.05) is 19.1 Å². The van der Waals surface area contributed by atoms with Crippen molar-refractivity contribution in [2.75, 3.05) is 12.4 Å². The number of nitriles is 1. The van der Waals surface area contributed by atoms with E-state index in [0.717, 1.165) is 30.4 Å². The molecular formula is C19H20N2O2S. The second-order valence-corrected chi connectivity index (χ2v) is 7.38. The quantitative estimate of drug-likeness (QED) is 0.905. The van der Waals surface area contributed by atoms with Gasteiger partial charge in [0.2, 0.25) is 0 Å². The van der Waals surface area contributed by atoms with Gasteiger partial charge >= 0.3 is 0 Å². The molecule has 1 heterocycles. The summed E-state index contributed by atoms with van der Waals surface area (Å²) in [5, 5.41) is 13.1. The summed E-state index contributed by atoms with van der Waals surface area (Å²) in [4.78, 5) is 13.9. The van der Waals surface area contributed by atoms with Crippen molar-refractivity contribution in [2.24, 2.45) is 5.92 Å². The van der Waals surface area contributed by atoms with Crippen LogP contribution in [0.1, 0.15) is 45.3 Å². The van der Waals surface area contributed by atoms with Gasteiger partial charge in [-0.05, 0) is 49.3 Å². The molecule has 0 saturated heterocycles. The van der Waals surface area contributed by atoms with Gasteiger partial charge in [-0.2, -0.15) is 5.26 Å². The third-order valence-electron chi connectivity index (χ3n) is 4.51. The monoisotopic (exact) mass is 340 g/mol. The van der Waals surface area contributed by atoms with Gasteiger partial charge in [0.25, 0.3) is 5.91 Å². The van der Waals surface area contributed by atoms with Crippen LogP contribution in [0.2, 0.25) is 0 Å². The number of rotatable bonds is 3. The third kappa shape index (κ3) is 2.90. The zero-order valence-electron chi connectivity index (χ0n) is 14.1. The minimum absolute atomic E-state index is 0.237. The molecule has 4 nitrogen and oxygen atoms in total. The second-order valence-electron chi connectivity index (χ2n) is 6.28. The minimum atomic E-state index is -0.237. The fourth-order valence-corrected chi connectivity index (χ4v) is 4.59. The molecule has 0 bridgehead atoms. The summed E-state index contributed by atoms with van der Waals surface area (Å²) in [7, 11) is 1.56. The number of anilines is 1. The smallest absolute Gasteiger partial charge is 0.260 e. The number of nitrogens with zero attached hydrogens (tertiary/aromatic N) is 1. The van der Waals surface area contributed by atoms with Gasteiger partial charge in [0.1, 0.15) is 16.8 Å². The Kier molecular flexibility index (Phi) is 4.59. The molecular weight excluding hydrogens is 320 g/mol. The summed E-state index contributed by atoms with van der Waals surface area (Å²) in [6.07, 6.45) is 3.00. The van der Waals surface area contributed by atoms with Gasteiger partial charge < -0.3 is 10.1 Å². The zero-order valence-corrected chi connectivity index (χ0v) is 14.9. The number of hydrogen-bond acceptors (Lipinski definition) is 4. The Hall–Kier alpha value is -2.32. The third-order valence-corrected chi connectivity index (χ3v) is 5.68. The molecule has 0 radical (unpaired) electrons. The molecule has 1 amide bonds. The lowest BCUT2D eigenvalue weighted by Gasteiger charge is -2.17. The van der Waals surface area contributed by atoms with Crippen molar-refractivity contribution in [1.82, 2.24) is 0 Å². The highest BCUT2D eigenvalue weighted by molar-refractivity contribution is 7.16. The van der Waals surface area contributed by atoms with Gasteiger partial charge in [-0.25, -0.2) is 0 Å². The normalized spacial score (nSPS) is 16.2. The first-order valence-corrected chi connectivity index (χ1v) is 8.86. The number of nitrogens with one attached hydrogen (secondary N) is 1. The summed E-state index contributed by atoms with van der Waals surface area (Å²) in [6, 6.07) is 7.76. The average molecular weight is 340 g/mol. The number of carbonyl (C=O) groups excluding carboxylic acids is 1. The highest BCUT2D eigenvalue weighted by Crippen LogP contribution is 2.39. The molecule has 5 heteroatoms. The van der Waals surface area contributed by atoms with Crippen LogP contribution in [0.5, 0.6) is 5.75 Å². The molecule has 0 fully saturated rings. The molecule has 0 unspecified atom stereocenters. The van der Waals surface area contributed by atoms with E-state index in [1.54, 1.807) is 13.2 Å². The lowest BCUT2D eigenvalue weighted by molar-refractivity contribution is 0.102. The number of para-hydroxylation sites is 1. The predicted octanol–water partition coefficient (Wildman–Crippen LogP) is 4.31. The van der Waals surface area contributed by atoms with Crippen LogP contribution >= 0.6 is 11.3 Å². The van der Waals surface area contributed by atoms with Crippen molar-refractivity contribution in [3.8, 4) is 11.8 Å². The number of ether oxygens (including phenoxy) is 1. The Morgan fingerprint density at radius 1 is 1.46 bits per heavy atom. The van der Waals surface area contributed by atoms with Crippen LogP contribution in [-0.4, -0.2) is 13.0 Å². The van der Waals surface area contributed by atoms with Gasteiger partial charge in [-0.3, -0.25) is 4.79 Å². The van der Waals surface area contributed by atoms with Crippen LogP contribution in [0.25, 0.3) is 0 Å². The first-order chi connectivity index (χ1) is 11.5. The number of thiophene rings is 1. The van der Waals surface area contributed by atoms with Crippen LogP contribution in [0.3, 0.4) is 0 Å². The molecule has 1 aliphatic carbocycles. The number of carbonyl (C=O) groups is 1. The number of methoxy groups -OCH3 is 1. The largest absolute Gasteiger partial charge is 0.496 e. The van der Waals surface area contributed by atoms with E-state index in [-0.39, 0.29) is 5.91 Å². The van der Waals surface area contributed by atoms with E-state index < -0.39 is 0 Å². The van der Waals surface area contributed by atoms with E-state index in [1.165, 1.54) is 16.2 Å². The molecule has 1 N–H and O–H groups in total. The molecule has 2 aromatic rings. The Bertz CT molecular complexity index is 833. The van der Waals surface area contributed by atoms with Gasteiger partial charge in [0, 0.05) is 4.88 Å². The zero-order chi connectivity index (χ0) is 17.3. The van der Waals surface area contributed by atoms with Gasteiger partial charge in [-0.15, -0.1) is 11.3 Å². The fourth-order valence-electron chi connectivity index (χ4n) is 3.23. The number of benzene rings is 1. The molecule has 1 aromatic carbocycles. The molecule has 24 heavy (non-hydrogen) atoms. The van der Waals surface area contributed by atoms with Crippen LogP contribution in [-0.2, 0) is 12.8 Å². The van der Waals surface area contributed by atoms with Crippen LogP contribution in [0.15, 0.2) is 18.2 Å². The lowest BCUT2D eigenvalue weighted by Crippen LogP contribution is -2.13. The van der Waals surface area contributed by atoms with Crippen molar-refractivity contribution in [3.05, 3.63) is 45.3 Å². The number of aryl methyl sites for hydroxylation is 1. The number of fused-ring (bicyclic) bond motifs is 1. The summed E-state index contributed by atoms with van der Waals surface area (Å²) in [5.74, 6) is 0.963. The van der Waals surface area contributed by atoms with E-state index in [2.05, 4.69) is 18.3 Å². The first-order valence-electron chi connectivity index (χ1n) is 8.04. The maximum absolute atomic E-state index is 12.7. The Balaban J connectivity index is 1.94. The molecule has 1 aliphatic rings. The topological polar surface area (TPSA) is 62.1 Å². The van der Waals surface area contributed by atoms with Crippen molar-refractivity contribution < 1.29 is 9.53 Å². The maximum Gasteiger partial charge on any atom is 0.260 e. The molecule has 1 atom stereocenters. The molecule has 1 aromatic heterocycles. The number of hydrogen-bond donors (Lipinski definition) is 1. The standard InChI is InChI=1S/C19H20N2O2S/c1-11-7-8-13-15(10-20)19(24-16(13)9-11)21-18(22)14-6-4-5-12(2)17(14)23-3/h4-6,11H,7-9H2,1-3H3,(H,21,22)/t11-/m1/s1. The molecule has 0 spiro atoms. The van der Waals surface area contributed by atoms with E-state index in [4.69, 9.17) is 4.74 Å². The van der Waals surface area contributed by atoms with Crippen molar-refractivity contribution in [2.45, 2.75) is 33.1 Å². The molecule has 124 valence electrons. The van der Waals surface area contributed by atoms with Crippen LogP contribution in [0, 0.1) is 24.2 Å². The Labute approximate surface area is 146 Å². The van der Waals surface area contributed by atoms with Gasteiger partial charge in [0.15, 0.2) is 0 Å². The Morgan fingerprint density at radius 3 is 2.96 bits per heavy atom. The lowest BCUT2D eigenvalue weighted by atomic mass is 9.88. The maximum atomic E-state index is 12.7. The molecule has 0 saturated carbocycles. The average Bonchev–Trinajstić information content (AvgIpc) is 2.90. The molecule has 0 aliphatic heterocycles. The summed E-state index contributed by atoms with van der Waals surface area (Å²) < 4.78 is 5.36. The number of amides is 1. The minimum Gasteiger partial charge on any atom is -0.496 e. The SMILES string of the molecule is COc1c(C)cccc1C(=O)Nc1sc2c(c1C#N)CC[C@@H](C)C2. The highest BCUT2D eigenvalue weighted by Gasteiger charge is 2.25. The fraction of sp³-hybridized carbons (Fsp3) is 0.368. The van der Waals surface area contributed by atoms with Crippen LogP contribution < -0.4 is 10.1 Å². The van der Waals surface area contributed by atoms with Gasteiger partial charge in [0.05, 0.1) is 18.2 Å². The first kappa shape index (κ1) is 16.5. The van der Waals surface area contributed by atoms with Crippen molar-refractivity contribution >= 4 is 22.2 Å². The van der Waals surface area contributed by atoms with E-state index in [1.807, 2.05) is 19.1 Å². The molecule has 3 rings (SSSR count). The summed E-state index contributed by atoms with van der Waals surface area (Å²) in [5.41, 5.74) is 3.14. The van der Waals surface area contributed by atoms with E-state index >= 15 is 0 Å². The van der Waals surface area contributed by atoms with Crippen molar-refractivity contribution in [3.63, 3.8) is 0 Å². The van der Waals surface area contributed by atoms with Crippen molar-refractivity contribution in [1.29, 1.82) is 5.26 Å². The summed E-state index contributed by atoms with van der Waals surface area (Å²) in [6.45, 7) is 4.13. The van der Waals surface area contributed by atoms with Crippen LogP contribution in [0.4, 0.5) is 5.00 Å². The van der Waals surface area contributed by atoms with E-state index in [9.17, 15) is 10.1 Å². The second kappa shape index (κ2) is 6.66. The highest BCUT2D eigenvalue weighted by atomic mass is 32.1.